The molecule has 2 unspecified atom stereocenters. The normalized spacial score (nSPS) is 21.0. The van der Waals surface area contributed by atoms with E-state index >= 15 is 0 Å². The van der Waals surface area contributed by atoms with Crippen LogP contribution in [-0.4, -0.2) is 44.0 Å². The number of fused-ring (bicyclic) bond motifs is 1. The number of likely N-dealkylation sites (tertiary alicyclic amines) is 1. The Morgan fingerprint density at radius 3 is 2.60 bits per heavy atom. The average molecular weight is 355 g/mol. The highest BCUT2D eigenvalue weighted by Crippen LogP contribution is 2.32. The first kappa shape index (κ1) is 17.2. The smallest absolute Gasteiger partial charge is 0.449 e. The fourth-order valence-corrected chi connectivity index (χ4v) is 3.30. The number of alkyl halides is 3. The maximum absolute atomic E-state index is 13.3. The van der Waals surface area contributed by atoms with Gasteiger partial charge in [-0.1, -0.05) is 12.1 Å². The topological polar surface area (TPSA) is 75.4 Å². The van der Waals surface area contributed by atoms with E-state index in [4.69, 9.17) is 5.11 Å². The summed E-state index contributed by atoms with van der Waals surface area (Å²) in [6.45, 7) is 1.28. The predicted molar refractivity (Wildman–Crippen MR) is 81.7 cm³/mol. The van der Waals surface area contributed by atoms with Gasteiger partial charge >= 0.3 is 12.1 Å². The lowest BCUT2D eigenvalue weighted by molar-refractivity contribution is -0.148. The van der Waals surface area contributed by atoms with Crippen LogP contribution in [0.5, 0.6) is 0 Å². The third kappa shape index (κ3) is 3.06. The number of carbonyl (C=O) groups is 2. The van der Waals surface area contributed by atoms with Gasteiger partial charge in [-0.15, -0.1) is 0 Å². The largest absolute Gasteiger partial charge is 0.481 e. The van der Waals surface area contributed by atoms with Crippen molar-refractivity contribution < 1.29 is 27.9 Å². The molecule has 0 bridgehead atoms. The quantitative estimate of drug-likeness (QED) is 0.917. The van der Waals surface area contributed by atoms with E-state index in [-0.39, 0.29) is 17.6 Å². The number of hydrogen-bond donors (Lipinski definition) is 1. The molecule has 3 rings (SSSR count). The number of carboxylic acids is 1. The molecule has 1 fully saturated rings. The first-order valence-electron chi connectivity index (χ1n) is 7.75. The van der Waals surface area contributed by atoms with E-state index < -0.39 is 42.4 Å². The number of rotatable bonds is 3. The summed E-state index contributed by atoms with van der Waals surface area (Å²) in [7, 11) is 0. The summed E-state index contributed by atoms with van der Waals surface area (Å²) in [6, 6.07) is 5.50. The average Bonchev–Trinajstić information content (AvgIpc) is 3.08. The van der Waals surface area contributed by atoms with Crippen LogP contribution in [0.15, 0.2) is 24.3 Å². The Bertz CT molecular complexity index is 831. The number of para-hydroxylation sites is 2. The molecular weight excluding hydrogens is 339 g/mol. The molecule has 6 nitrogen and oxygen atoms in total. The first-order valence-corrected chi connectivity index (χ1v) is 7.75. The Morgan fingerprint density at radius 1 is 1.32 bits per heavy atom. The highest BCUT2D eigenvalue weighted by atomic mass is 19.4. The zero-order valence-electron chi connectivity index (χ0n) is 13.3. The third-order valence-corrected chi connectivity index (χ3v) is 4.59. The van der Waals surface area contributed by atoms with Crippen molar-refractivity contribution in [1.82, 2.24) is 14.5 Å². The molecule has 9 heteroatoms. The maximum Gasteiger partial charge on any atom is 0.449 e. The summed E-state index contributed by atoms with van der Waals surface area (Å²) in [4.78, 5) is 28.6. The third-order valence-electron chi connectivity index (χ3n) is 4.59. The Kier molecular flexibility index (Phi) is 4.18. The van der Waals surface area contributed by atoms with Gasteiger partial charge in [0.25, 0.3) is 0 Å². The number of aromatic nitrogens is 2. The number of benzene rings is 1. The molecule has 1 amide bonds. The van der Waals surface area contributed by atoms with E-state index in [1.165, 1.54) is 17.0 Å². The van der Waals surface area contributed by atoms with Crippen LogP contribution in [0.25, 0.3) is 11.0 Å². The highest BCUT2D eigenvalue weighted by Gasteiger charge is 2.41. The summed E-state index contributed by atoms with van der Waals surface area (Å²) in [5.41, 5.74) is 0.366. The summed E-state index contributed by atoms with van der Waals surface area (Å²) in [6.07, 6.45) is -4.40. The van der Waals surface area contributed by atoms with Gasteiger partial charge in [0.05, 0.1) is 17.0 Å². The van der Waals surface area contributed by atoms with E-state index in [1.807, 2.05) is 0 Å². The predicted octanol–water partition coefficient (Wildman–Crippen LogP) is 2.38. The van der Waals surface area contributed by atoms with Crippen LogP contribution >= 0.6 is 0 Å². The van der Waals surface area contributed by atoms with Crippen molar-refractivity contribution >= 4 is 22.9 Å². The first-order chi connectivity index (χ1) is 11.7. The lowest BCUT2D eigenvalue weighted by atomic mass is 10.0. The number of carboxylic acid groups (broad SMARTS) is 1. The number of halogens is 3. The van der Waals surface area contributed by atoms with Crippen LogP contribution < -0.4 is 0 Å². The van der Waals surface area contributed by atoms with Crippen LogP contribution in [-0.2, 0) is 22.3 Å². The van der Waals surface area contributed by atoms with Gasteiger partial charge in [-0.05, 0) is 25.5 Å². The van der Waals surface area contributed by atoms with Gasteiger partial charge in [-0.25, -0.2) is 4.98 Å². The van der Waals surface area contributed by atoms with Crippen LogP contribution in [0.2, 0.25) is 0 Å². The molecule has 2 heterocycles. The van der Waals surface area contributed by atoms with E-state index in [9.17, 15) is 22.8 Å². The Hall–Kier alpha value is -2.58. The van der Waals surface area contributed by atoms with Crippen molar-refractivity contribution in [1.29, 1.82) is 0 Å². The van der Waals surface area contributed by atoms with Crippen molar-refractivity contribution in [2.75, 3.05) is 6.54 Å². The monoisotopic (exact) mass is 355 g/mol. The molecule has 1 aliphatic rings. The molecule has 0 radical (unpaired) electrons. The number of carbonyl (C=O) groups excluding carboxylic acids is 1. The van der Waals surface area contributed by atoms with E-state index in [2.05, 4.69) is 4.98 Å². The second-order valence-corrected chi connectivity index (χ2v) is 6.07. The van der Waals surface area contributed by atoms with Crippen molar-refractivity contribution in [2.45, 2.75) is 32.1 Å². The molecule has 1 aliphatic heterocycles. The summed E-state index contributed by atoms with van der Waals surface area (Å²) in [5, 5.41) is 9.13. The summed E-state index contributed by atoms with van der Waals surface area (Å²) >= 11 is 0. The fraction of sp³-hybridized carbons (Fsp3) is 0.438. The minimum Gasteiger partial charge on any atom is -0.481 e. The number of hydrogen-bond acceptors (Lipinski definition) is 3. The van der Waals surface area contributed by atoms with Gasteiger partial charge in [-0.2, -0.15) is 13.2 Å². The SMILES string of the molecule is CC1C(C(=O)O)CCN1C(=O)Cn1c(C(F)(F)F)nc2ccccc21. The minimum atomic E-state index is -4.69. The van der Waals surface area contributed by atoms with Gasteiger partial charge in [0.1, 0.15) is 6.54 Å². The highest BCUT2D eigenvalue weighted by molar-refractivity contribution is 5.82. The number of imidazole rings is 1. The van der Waals surface area contributed by atoms with Crippen molar-refractivity contribution in [3.8, 4) is 0 Å². The minimum absolute atomic E-state index is 0.153. The Labute approximate surface area is 140 Å². The van der Waals surface area contributed by atoms with Crippen molar-refractivity contribution in [3.63, 3.8) is 0 Å². The summed E-state index contributed by atoms with van der Waals surface area (Å²) in [5.74, 6) is -3.40. The van der Waals surface area contributed by atoms with Gasteiger partial charge in [-0.3, -0.25) is 9.59 Å². The molecule has 1 saturated heterocycles. The fourth-order valence-electron chi connectivity index (χ4n) is 3.30. The van der Waals surface area contributed by atoms with Crippen molar-refractivity contribution in [2.24, 2.45) is 5.92 Å². The van der Waals surface area contributed by atoms with Crippen LogP contribution in [0.1, 0.15) is 19.2 Å². The molecular formula is C16H16F3N3O3. The van der Waals surface area contributed by atoms with Crippen LogP contribution in [0.4, 0.5) is 13.2 Å². The van der Waals surface area contributed by atoms with Gasteiger partial charge in [0.15, 0.2) is 0 Å². The molecule has 1 aromatic carbocycles. The van der Waals surface area contributed by atoms with E-state index in [1.54, 1.807) is 19.1 Å². The second kappa shape index (κ2) is 6.05. The van der Waals surface area contributed by atoms with Gasteiger partial charge in [0.2, 0.25) is 11.7 Å². The molecule has 134 valence electrons. The number of amides is 1. The lowest BCUT2D eigenvalue weighted by Gasteiger charge is -2.24. The molecule has 25 heavy (non-hydrogen) atoms. The molecule has 0 spiro atoms. The Balaban J connectivity index is 1.93. The summed E-state index contributed by atoms with van der Waals surface area (Å²) < 4.78 is 40.7. The van der Waals surface area contributed by atoms with Crippen LogP contribution in [0, 0.1) is 5.92 Å². The van der Waals surface area contributed by atoms with E-state index in [0.29, 0.717) is 6.42 Å². The molecule has 0 saturated carbocycles. The lowest BCUT2D eigenvalue weighted by Crippen LogP contribution is -2.39. The molecule has 1 N–H and O–H groups in total. The van der Waals surface area contributed by atoms with Crippen molar-refractivity contribution in [3.05, 3.63) is 30.1 Å². The maximum atomic E-state index is 13.3. The van der Waals surface area contributed by atoms with Crippen LogP contribution in [0.3, 0.4) is 0 Å². The molecule has 0 aliphatic carbocycles. The number of nitrogens with zero attached hydrogens (tertiary/aromatic N) is 3. The second-order valence-electron chi connectivity index (χ2n) is 6.07. The van der Waals surface area contributed by atoms with Gasteiger partial charge in [0, 0.05) is 12.6 Å². The molecule has 2 atom stereocenters. The Morgan fingerprint density at radius 2 is 2.00 bits per heavy atom. The zero-order chi connectivity index (χ0) is 18.4. The van der Waals surface area contributed by atoms with E-state index in [0.717, 1.165) is 4.57 Å². The number of aliphatic carboxylic acids is 1. The molecule has 2 aromatic rings. The van der Waals surface area contributed by atoms with Gasteiger partial charge < -0.3 is 14.6 Å². The zero-order valence-corrected chi connectivity index (χ0v) is 13.3. The standard InChI is InChI=1S/C16H16F3N3O3/c1-9-10(14(24)25)6-7-21(9)13(23)8-22-12-5-3-2-4-11(12)20-15(22)16(17,18)19/h2-5,9-10H,6-8H2,1H3,(H,24,25). The molecule has 1 aromatic heterocycles.